The van der Waals surface area contributed by atoms with Crippen LogP contribution in [0.4, 0.5) is 0 Å². The van der Waals surface area contributed by atoms with Gasteiger partial charge in [0.05, 0.1) is 10.5 Å². The highest BCUT2D eigenvalue weighted by Crippen LogP contribution is 2.49. The minimum atomic E-state index is -1.85. The molecule has 5 fully saturated rings. The Balaban J connectivity index is 1.82. The smallest absolute Gasteiger partial charge is 0.303 e. The summed E-state index contributed by atoms with van der Waals surface area (Å²) in [5, 5.41) is 4.62. The molecular weight excluding hydrogens is 1540 g/mol. The number of hydrogen-bond acceptors (Lipinski definition) is 43. The molecule has 3 N–H and O–H groups in total. The fourth-order valence-corrected chi connectivity index (χ4v) is 18.4. The summed E-state index contributed by atoms with van der Waals surface area (Å²) in [7, 11) is 0. The third kappa shape index (κ3) is 27.9. The molecule has 5 heterocycles. The van der Waals surface area contributed by atoms with Crippen molar-refractivity contribution in [2.45, 2.75) is 258 Å². The first-order valence-electron chi connectivity index (χ1n) is 32.5. The van der Waals surface area contributed by atoms with Gasteiger partial charge in [-0.2, -0.15) is 0 Å². The Morgan fingerprint density at radius 1 is 0.262 bits per heavy atom. The molecule has 0 unspecified atom stereocenters. The van der Waals surface area contributed by atoms with E-state index in [1.54, 1.807) is 0 Å². The van der Waals surface area contributed by atoms with E-state index < -0.39 is 280 Å². The SMILES string of the molecule is CC(=O)OC[C@H]1O[C@@H](SC[C@H]2O[C@@H](SC[C@H]3O[C@@H](SC(=N)N)[C@H](OC(C)=O)[C@@H](S[C@@H]4O[C@H](COC(C)=O)[C@@H](OC(C)=O)[C@H](OC(C)=O)[C@H]4OC(C)=O)[C@@H]3OC(C)=O)[C@H](OC(C)=O)[C@@H](S[C@@H]3O[C@H](COC(C)=O)[C@@H](OC(C)=O)[C@H](OC(C)=O)[C@H]3OC(C)=O)[C@@H]2OC(C)=O)[C@H](OC(C)=O)[C@@H](OC(C)=O)[C@@H]1OC(C)=O. The van der Waals surface area contributed by atoms with Gasteiger partial charge in [-0.15, -0.1) is 47.0 Å². The van der Waals surface area contributed by atoms with Crippen molar-refractivity contribution in [1.82, 2.24) is 0 Å². The summed E-state index contributed by atoms with van der Waals surface area (Å²) in [5.74, 6) is -16.8. The van der Waals surface area contributed by atoms with Crippen LogP contribution in [-0.2, 0) is 176 Å². The van der Waals surface area contributed by atoms with Crippen LogP contribution in [0.25, 0.3) is 0 Å². The van der Waals surface area contributed by atoms with Crippen LogP contribution in [0, 0.1) is 5.41 Å². The van der Waals surface area contributed by atoms with Crippen LogP contribution in [0.2, 0.25) is 0 Å². The van der Waals surface area contributed by atoms with Gasteiger partial charge in [-0.3, -0.25) is 82.1 Å². The first kappa shape index (κ1) is 90.2. The number of nitrogens with one attached hydrogen (secondary N) is 1. The number of rotatable bonds is 30. The molecule has 0 saturated carbocycles. The number of amidine groups is 1. The van der Waals surface area contributed by atoms with E-state index in [0.717, 1.165) is 111 Å². The molecule has 0 aromatic carbocycles. The van der Waals surface area contributed by atoms with Crippen molar-refractivity contribution >= 4 is 159 Å². The van der Waals surface area contributed by atoms with Crippen molar-refractivity contribution in [3.05, 3.63) is 0 Å². The monoisotopic (exact) mass is 1620 g/mol. The quantitative estimate of drug-likeness (QED) is 0.0433. The minimum absolute atomic E-state index is 0.480. The van der Waals surface area contributed by atoms with Crippen molar-refractivity contribution in [2.24, 2.45) is 5.73 Å². The lowest BCUT2D eigenvalue weighted by Crippen LogP contribution is -2.64. The zero-order valence-corrected chi connectivity index (χ0v) is 64.8. The molecule has 0 radical (unpaired) electrons. The molecule has 44 heteroatoms. The standard InChI is InChI=1S/C63H86N2O37S5/c1-22(66)82-17-38-43(85-25(4)69)48(90-30(9)74)51(93-33(12)77)58(98-38)103-20-41-46(88-28(7)72)56(105-60-52(94-34(13)78)49(91-31(10)75)44(86-26(5)70)39(99-60)18-83-23(2)67)54(96-36(15)80)59(101-41)104-21-42-47(89-29(8)73)57(55(97-37(16)81)62(102-42)107-63(64)65)106-61-53(95-35(14)79)50(92-32(11)76)45(87-27(6)71)40(100-61)19-84-24(3)68/h38-62H,17-21H2,1-16H3,(H3,64,65)/t38-,39-,40-,41-,42-,43-,44-,45-,46-,47-,48+,49+,50+,51-,52-,53-,54-,55-,56+,57+,58+,59+,60+,61+,62+/m1/s1. The number of thioether (sulfide) groups is 5. The van der Waals surface area contributed by atoms with Gasteiger partial charge in [0.15, 0.2) is 72.3 Å². The van der Waals surface area contributed by atoms with Crippen LogP contribution in [0.5, 0.6) is 0 Å². The second-order valence-corrected chi connectivity index (χ2v) is 29.9. The molecule has 25 atom stereocenters. The highest BCUT2D eigenvalue weighted by Gasteiger charge is 2.61. The van der Waals surface area contributed by atoms with Crippen molar-refractivity contribution < 1.29 is 176 Å². The van der Waals surface area contributed by atoms with Gasteiger partial charge < -0.3 is 105 Å². The average molecular weight is 1620 g/mol. The Kier molecular flexibility index (Phi) is 35.3. The van der Waals surface area contributed by atoms with E-state index >= 15 is 0 Å². The molecule has 39 nitrogen and oxygen atoms in total. The van der Waals surface area contributed by atoms with Gasteiger partial charge in [0, 0.05) is 122 Å². The third-order valence-corrected chi connectivity index (χ3v) is 21.2. The molecule has 5 aliphatic heterocycles. The predicted octanol–water partition coefficient (Wildman–Crippen LogP) is 0.709. The molecule has 5 aliphatic rings. The van der Waals surface area contributed by atoms with Crippen LogP contribution < -0.4 is 5.73 Å². The summed E-state index contributed by atoms with van der Waals surface area (Å²) < 4.78 is 124. The van der Waals surface area contributed by atoms with Gasteiger partial charge in [-0.1, -0.05) is 11.8 Å². The molecule has 0 amide bonds. The van der Waals surface area contributed by atoms with Gasteiger partial charge >= 0.3 is 95.5 Å². The number of esters is 16. The topological polar surface area (TPSA) is 517 Å². The Morgan fingerprint density at radius 2 is 0.467 bits per heavy atom. The molecule has 600 valence electrons. The van der Waals surface area contributed by atoms with E-state index in [0.29, 0.717) is 58.8 Å². The molecule has 107 heavy (non-hydrogen) atoms. The minimum Gasteiger partial charge on any atom is -0.463 e. The van der Waals surface area contributed by atoms with E-state index in [1.165, 1.54) is 0 Å². The maximum absolute atomic E-state index is 13.8. The number of ether oxygens (including phenoxy) is 21. The Morgan fingerprint density at radius 3 is 0.738 bits per heavy atom. The first-order chi connectivity index (χ1) is 50.0. The molecule has 0 aliphatic carbocycles. The molecule has 5 rings (SSSR count). The number of carbonyl (C=O) groups excluding carboxylic acids is 16. The summed E-state index contributed by atoms with van der Waals surface area (Å²) in [4.78, 5) is 209. The zero-order chi connectivity index (χ0) is 80.2. The lowest BCUT2D eigenvalue weighted by Gasteiger charge is -2.50. The lowest BCUT2D eigenvalue weighted by atomic mass is 9.99. The fraction of sp³-hybridized carbons (Fsp3) is 0.730. The van der Waals surface area contributed by atoms with E-state index in [4.69, 9.17) is 111 Å². The maximum atomic E-state index is 13.8. The van der Waals surface area contributed by atoms with E-state index in [1.807, 2.05) is 0 Å². The first-order valence-corrected chi connectivity index (χ1v) is 37.4. The number of nitrogens with two attached hydrogens (primary N) is 1. The van der Waals surface area contributed by atoms with Crippen LogP contribution in [0.1, 0.15) is 111 Å². The van der Waals surface area contributed by atoms with E-state index in [2.05, 4.69) is 0 Å². The second kappa shape index (κ2) is 41.9. The predicted molar refractivity (Wildman–Crippen MR) is 363 cm³/mol. The van der Waals surface area contributed by atoms with Gasteiger partial charge in [-0.05, 0) is 0 Å². The van der Waals surface area contributed by atoms with Gasteiger partial charge in [0.2, 0.25) is 0 Å². The van der Waals surface area contributed by atoms with Crippen molar-refractivity contribution in [3.8, 4) is 0 Å². The summed E-state index contributed by atoms with van der Waals surface area (Å²) >= 11 is 3.11. The van der Waals surface area contributed by atoms with Crippen molar-refractivity contribution in [1.29, 1.82) is 5.41 Å². The van der Waals surface area contributed by atoms with E-state index in [-0.39, 0.29) is 0 Å². The van der Waals surface area contributed by atoms with Gasteiger partial charge in [0.25, 0.3) is 0 Å². The Bertz CT molecular complexity index is 3270. The van der Waals surface area contributed by atoms with Crippen LogP contribution in [-0.4, -0.2) is 280 Å². The van der Waals surface area contributed by atoms with Gasteiger partial charge in [0.1, 0.15) is 89.7 Å². The molecule has 0 spiro atoms. The summed E-state index contributed by atoms with van der Waals surface area (Å²) in [6.07, 6.45) is -30.6. The molecule has 0 aromatic rings. The molecule has 0 bridgehead atoms. The van der Waals surface area contributed by atoms with Gasteiger partial charge in [-0.25, -0.2) is 0 Å². The zero-order valence-electron chi connectivity index (χ0n) is 60.7. The highest BCUT2D eigenvalue weighted by molar-refractivity contribution is 8.14. The molecular formula is C63H86N2O37S5. The molecule has 5 saturated heterocycles. The maximum Gasteiger partial charge on any atom is 0.303 e. The molecule has 0 aromatic heterocycles. The Labute approximate surface area is 633 Å². The van der Waals surface area contributed by atoms with Crippen molar-refractivity contribution in [3.63, 3.8) is 0 Å². The fourth-order valence-electron chi connectivity index (χ4n) is 11.6. The largest absolute Gasteiger partial charge is 0.463 e. The summed E-state index contributed by atoms with van der Waals surface area (Å²) in [5.41, 5.74) is -2.29. The highest BCUT2D eigenvalue weighted by atomic mass is 32.2. The summed E-state index contributed by atoms with van der Waals surface area (Å²) in [6.45, 7) is 13.8. The van der Waals surface area contributed by atoms with Crippen molar-refractivity contribution in [2.75, 3.05) is 31.3 Å². The Hall–Kier alpha value is -7.46. The lowest BCUT2D eigenvalue weighted by molar-refractivity contribution is -0.238. The normalized spacial score (nSPS) is 32.3. The average Bonchev–Trinajstić information content (AvgIpc) is 0.769. The number of hydrogen-bond donors (Lipinski definition) is 2. The van der Waals surface area contributed by atoms with E-state index in [9.17, 15) is 76.7 Å². The third-order valence-electron chi connectivity index (χ3n) is 14.9. The van der Waals surface area contributed by atoms with Crippen LogP contribution in [0.3, 0.4) is 0 Å². The van der Waals surface area contributed by atoms with Crippen LogP contribution in [0.15, 0.2) is 0 Å². The summed E-state index contributed by atoms with van der Waals surface area (Å²) in [6, 6.07) is 0. The number of carbonyl (C=O) groups is 16. The van der Waals surface area contributed by atoms with Crippen LogP contribution >= 0.6 is 58.8 Å². The second-order valence-electron chi connectivity index (χ2n) is 23.9.